The highest BCUT2D eigenvalue weighted by molar-refractivity contribution is 9.08. The standard InChI is InChI=1S/C10H8BrNO2S/c11-4-8-7(3-10(13)14)6(5-12)1-2-9(8)15/h1-2,15H,3-4H2,(H,13,14). The van der Waals surface area contributed by atoms with Gasteiger partial charge in [-0.15, -0.1) is 12.6 Å². The Bertz CT molecular complexity index is 440. The molecule has 0 aliphatic carbocycles. The minimum absolute atomic E-state index is 0.155. The van der Waals surface area contributed by atoms with E-state index in [4.69, 9.17) is 10.4 Å². The number of nitrogens with zero attached hydrogens (tertiary/aromatic N) is 1. The largest absolute Gasteiger partial charge is 0.481 e. The van der Waals surface area contributed by atoms with Gasteiger partial charge in [-0.3, -0.25) is 4.79 Å². The minimum Gasteiger partial charge on any atom is -0.481 e. The number of alkyl halides is 1. The van der Waals surface area contributed by atoms with Crippen molar-refractivity contribution in [2.75, 3.05) is 0 Å². The molecule has 0 saturated carbocycles. The maximum Gasteiger partial charge on any atom is 0.307 e. The van der Waals surface area contributed by atoms with Gasteiger partial charge in [0.15, 0.2) is 0 Å². The molecule has 1 aromatic carbocycles. The Kier molecular flexibility index (Phi) is 4.18. The first-order valence-corrected chi connectivity index (χ1v) is 5.68. The van der Waals surface area contributed by atoms with Gasteiger partial charge in [0.25, 0.3) is 0 Å². The quantitative estimate of drug-likeness (QED) is 0.662. The highest BCUT2D eigenvalue weighted by Crippen LogP contribution is 2.24. The van der Waals surface area contributed by atoms with Gasteiger partial charge in [-0.1, -0.05) is 15.9 Å². The number of hydrogen-bond acceptors (Lipinski definition) is 3. The summed E-state index contributed by atoms with van der Waals surface area (Å²) < 4.78 is 0. The van der Waals surface area contributed by atoms with Crippen molar-refractivity contribution < 1.29 is 9.90 Å². The smallest absolute Gasteiger partial charge is 0.307 e. The van der Waals surface area contributed by atoms with Crippen molar-refractivity contribution in [1.82, 2.24) is 0 Å². The van der Waals surface area contributed by atoms with Crippen LogP contribution in [-0.4, -0.2) is 11.1 Å². The Labute approximate surface area is 101 Å². The van der Waals surface area contributed by atoms with Crippen molar-refractivity contribution >= 4 is 34.5 Å². The highest BCUT2D eigenvalue weighted by Gasteiger charge is 2.13. The molecule has 1 rings (SSSR count). The van der Waals surface area contributed by atoms with Crippen molar-refractivity contribution in [2.45, 2.75) is 16.6 Å². The predicted molar refractivity (Wildman–Crippen MR) is 62.4 cm³/mol. The van der Waals surface area contributed by atoms with Gasteiger partial charge >= 0.3 is 5.97 Å². The zero-order chi connectivity index (χ0) is 11.4. The molecule has 0 unspecified atom stereocenters. The molecule has 0 spiro atoms. The average molecular weight is 286 g/mol. The molecule has 15 heavy (non-hydrogen) atoms. The fraction of sp³-hybridized carbons (Fsp3) is 0.200. The average Bonchev–Trinajstić information content (AvgIpc) is 2.18. The number of benzene rings is 1. The van der Waals surface area contributed by atoms with Gasteiger partial charge in [0.1, 0.15) is 0 Å². The first kappa shape index (κ1) is 12.1. The Balaban J connectivity index is 3.35. The van der Waals surface area contributed by atoms with Crippen LogP contribution in [0.3, 0.4) is 0 Å². The summed E-state index contributed by atoms with van der Waals surface area (Å²) in [6.45, 7) is 0. The summed E-state index contributed by atoms with van der Waals surface area (Å²) in [7, 11) is 0. The number of halogens is 1. The van der Waals surface area contributed by atoms with Crippen molar-refractivity contribution in [3.8, 4) is 6.07 Å². The third-order valence-electron chi connectivity index (χ3n) is 1.99. The normalized spacial score (nSPS) is 9.67. The van der Waals surface area contributed by atoms with Crippen molar-refractivity contribution in [3.05, 3.63) is 28.8 Å². The Hall–Kier alpha value is -0.990. The maximum absolute atomic E-state index is 10.7. The number of hydrogen-bond donors (Lipinski definition) is 2. The summed E-state index contributed by atoms with van der Waals surface area (Å²) in [6.07, 6.45) is -0.155. The van der Waals surface area contributed by atoms with Crippen LogP contribution < -0.4 is 0 Å². The second-order valence-electron chi connectivity index (χ2n) is 2.91. The van der Waals surface area contributed by atoms with E-state index >= 15 is 0 Å². The van der Waals surface area contributed by atoms with Gasteiger partial charge in [-0.2, -0.15) is 5.26 Å². The van der Waals surface area contributed by atoms with Crippen LogP contribution in [0.15, 0.2) is 17.0 Å². The Morgan fingerprint density at radius 3 is 2.67 bits per heavy atom. The fourth-order valence-electron chi connectivity index (χ4n) is 1.29. The second-order valence-corrected chi connectivity index (χ2v) is 3.95. The number of nitriles is 1. The van der Waals surface area contributed by atoms with E-state index in [9.17, 15) is 4.79 Å². The van der Waals surface area contributed by atoms with Crippen LogP contribution in [0.5, 0.6) is 0 Å². The summed E-state index contributed by atoms with van der Waals surface area (Å²) in [5, 5.41) is 18.1. The molecule has 0 atom stereocenters. The zero-order valence-electron chi connectivity index (χ0n) is 7.70. The van der Waals surface area contributed by atoms with Gasteiger partial charge < -0.3 is 5.11 Å². The molecule has 1 aromatic rings. The molecule has 0 heterocycles. The van der Waals surface area contributed by atoms with Gasteiger partial charge in [0.2, 0.25) is 0 Å². The topological polar surface area (TPSA) is 61.1 Å². The molecule has 78 valence electrons. The molecular formula is C10H8BrNO2S. The molecule has 0 saturated heterocycles. The van der Waals surface area contributed by atoms with Crippen LogP contribution in [0.2, 0.25) is 0 Å². The molecule has 0 bridgehead atoms. The number of thiol groups is 1. The predicted octanol–water partition coefficient (Wildman–Crippen LogP) is 2.37. The van der Waals surface area contributed by atoms with Crippen molar-refractivity contribution in [1.29, 1.82) is 5.26 Å². The zero-order valence-corrected chi connectivity index (χ0v) is 10.2. The van der Waals surface area contributed by atoms with Crippen LogP contribution in [0, 0.1) is 11.3 Å². The third-order valence-corrected chi connectivity index (χ3v) is 2.97. The van der Waals surface area contributed by atoms with Crippen LogP contribution in [0.25, 0.3) is 0 Å². The molecule has 0 fully saturated rings. The van der Waals surface area contributed by atoms with E-state index in [2.05, 4.69) is 28.6 Å². The summed E-state index contributed by atoms with van der Waals surface area (Å²) >= 11 is 7.49. The van der Waals surface area contributed by atoms with Gasteiger partial charge in [0, 0.05) is 10.2 Å². The van der Waals surface area contributed by atoms with Crippen molar-refractivity contribution in [3.63, 3.8) is 0 Å². The highest BCUT2D eigenvalue weighted by atomic mass is 79.9. The molecule has 1 N–H and O–H groups in total. The maximum atomic E-state index is 10.7. The summed E-state index contributed by atoms with van der Waals surface area (Å²) in [6, 6.07) is 5.27. The molecule has 0 aliphatic heterocycles. The van der Waals surface area contributed by atoms with E-state index in [1.807, 2.05) is 6.07 Å². The monoisotopic (exact) mass is 285 g/mol. The summed E-state index contributed by atoms with van der Waals surface area (Å²) in [4.78, 5) is 11.4. The third kappa shape index (κ3) is 2.74. The van der Waals surface area contributed by atoms with E-state index < -0.39 is 5.97 Å². The van der Waals surface area contributed by atoms with E-state index in [1.54, 1.807) is 12.1 Å². The summed E-state index contributed by atoms with van der Waals surface area (Å²) in [5.41, 5.74) is 1.69. The lowest BCUT2D eigenvalue weighted by Crippen LogP contribution is -2.06. The molecule has 0 aromatic heterocycles. The number of rotatable bonds is 3. The van der Waals surface area contributed by atoms with Crippen LogP contribution in [0.1, 0.15) is 16.7 Å². The van der Waals surface area contributed by atoms with E-state index in [1.165, 1.54) is 0 Å². The number of carboxylic acid groups (broad SMARTS) is 1. The molecule has 0 aliphatic rings. The molecular weight excluding hydrogens is 278 g/mol. The van der Waals surface area contributed by atoms with Crippen LogP contribution in [0.4, 0.5) is 0 Å². The van der Waals surface area contributed by atoms with Crippen LogP contribution in [-0.2, 0) is 16.5 Å². The Morgan fingerprint density at radius 2 is 2.20 bits per heavy atom. The molecule has 5 heteroatoms. The minimum atomic E-state index is -0.951. The lowest BCUT2D eigenvalue weighted by molar-refractivity contribution is -0.136. The number of carbonyl (C=O) groups is 1. The first-order chi connectivity index (χ1) is 7.10. The SMILES string of the molecule is N#Cc1ccc(S)c(CBr)c1CC(=O)O. The number of aliphatic carboxylic acids is 1. The van der Waals surface area contributed by atoms with Gasteiger partial charge in [0.05, 0.1) is 18.1 Å². The summed E-state index contributed by atoms with van der Waals surface area (Å²) in [5.74, 6) is -0.951. The van der Waals surface area contributed by atoms with E-state index in [0.29, 0.717) is 21.4 Å². The molecule has 3 nitrogen and oxygen atoms in total. The molecule has 0 amide bonds. The second kappa shape index (κ2) is 5.19. The Morgan fingerprint density at radius 1 is 1.53 bits per heavy atom. The van der Waals surface area contributed by atoms with Gasteiger partial charge in [-0.05, 0) is 23.3 Å². The van der Waals surface area contributed by atoms with Crippen LogP contribution >= 0.6 is 28.6 Å². The van der Waals surface area contributed by atoms with Crippen molar-refractivity contribution in [2.24, 2.45) is 0 Å². The number of carboxylic acids is 1. The first-order valence-electron chi connectivity index (χ1n) is 4.11. The lowest BCUT2D eigenvalue weighted by atomic mass is 10.00. The van der Waals surface area contributed by atoms with E-state index in [-0.39, 0.29) is 6.42 Å². The molecule has 0 radical (unpaired) electrons. The lowest BCUT2D eigenvalue weighted by Gasteiger charge is -2.09. The fourth-order valence-corrected chi connectivity index (χ4v) is 2.43. The van der Waals surface area contributed by atoms with E-state index in [0.717, 1.165) is 5.56 Å². The van der Waals surface area contributed by atoms with Gasteiger partial charge in [-0.25, -0.2) is 0 Å².